The van der Waals surface area contributed by atoms with Crippen LogP contribution in [0.25, 0.3) is 0 Å². The van der Waals surface area contributed by atoms with Crippen LogP contribution in [-0.4, -0.2) is 185 Å². The number of amides is 1. The summed E-state index contributed by atoms with van der Waals surface area (Å²) >= 11 is 0. The number of hydrogen-bond donors (Lipinski definition) is 7. The fourth-order valence-electron chi connectivity index (χ4n) is 16.3. The number of aliphatic hydroxyl groups excluding tert-OH is 4. The molecule has 10 rings (SSSR count). The van der Waals surface area contributed by atoms with Crippen molar-refractivity contribution in [1.29, 1.82) is 0 Å². The number of aliphatic hydroxyl groups is 4. The number of ether oxygens (including phenoxy) is 12. The molecular formula is C65H92N2O23. The average Bonchev–Trinajstić information content (AvgIpc) is 1.73. The number of quaternary nitrogens is 1. The summed E-state index contributed by atoms with van der Waals surface area (Å²) in [5.74, 6) is -5.88. The first-order chi connectivity index (χ1) is 42.6. The molecule has 1 amide bonds. The van der Waals surface area contributed by atoms with Gasteiger partial charge >= 0.3 is 12.1 Å². The van der Waals surface area contributed by atoms with E-state index in [0.717, 1.165) is 5.57 Å². The van der Waals surface area contributed by atoms with E-state index >= 15 is 4.79 Å². The van der Waals surface area contributed by atoms with Crippen LogP contribution in [0.5, 0.6) is 0 Å². The smallest absolute Gasteiger partial charge is 0.407 e. The van der Waals surface area contributed by atoms with E-state index in [1.165, 1.54) is 20.1 Å². The molecule has 0 aromatic heterocycles. The molecule has 1 unspecified atom stereocenters. The van der Waals surface area contributed by atoms with Crippen LogP contribution >= 0.6 is 0 Å². The van der Waals surface area contributed by atoms with Crippen molar-refractivity contribution < 1.29 is 112 Å². The number of aldehydes is 2. The van der Waals surface area contributed by atoms with E-state index in [1.807, 2.05) is 45.9 Å². The molecule has 7 N–H and O–H groups in total. The zero-order chi connectivity index (χ0) is 65.1. The molecule has 0 aromatic rings. The molecule has 5 saturated heterocycles. The lowest BCUT2D eigenvalue weighted by atomic mass is 9.49. The van der Waals surface area contributed by atoms with E-state index in [4.69, 9.17) is 56.8 Å². The molecular weight excluding hydrogens is 1180 g/mol. The second-order valence-electron chi connectivity index (χ2n) is 27.2. The molecule has 1 saturated carbocycles. The van der Waals surface area contributed by atoms with E-state index < -0.39 is 192 Å². The summed E-state index contributed by atoms with van der Waals surface area (Å²) in [5.41, 5.74) is -4.65. The Balaban J connectivity index is 0.885. The average molecular weight is 1270 g/mol. The summed E-state index contributed by atoms with van der Waals surface area (Å²) in [6, 6.07) is -1.02. The van der Waals surface area contributed by atoms with Crippen molar-refractivity contribution in [3.05, 3.63) is 75.5 Å². The Bertz CT molecular complexity index is 2860. The highest BCUT2D eigenvalue weighted by Gasteiger charge is 2.65. The lowest BCUT2D eigenvalue weighted by Gasteiger charge is -2.56. The quantitative estimate of drug-likeness (QED) is 0.0410. The van der Waals surface area contributed by atoms with E-state index in [2.05, 4.69) is 19.2 Å². The molecule has 0 aromatic carbocycles. The molecule has 6 fully saturated rings. The monoisotopic (exact) mass is 1270 g/mol. The maximum atomic E-state index is 15.5. The van der Waals surface area contributed by atoms with Crippen molar-refractivity contribution >= 4 is 30.4 Å². The second-order valence-corrected chi connectivity index (χ2v) is 27.2. The summed E-state index contributed by atoms with van der Waals surface area (Å²) in [4.78, 5) is 67.8. The number of esters is 1. The lowest BCUT2D eigenvalue weighted by Crippen LogP contribution is -3.17. The topological polar surface area (TPSA) is 337 Å². The number of Topliss-reactive ketones (excluding diaryl/α,β-unsaturated/α-hetero) is 1. The highest BCUT2D eigenvalue weighted by atomic mass is 16.8. The number of hydroxylamine groups is 2. The third-order valence-electron chi connectivity index (χ3n) is 21.0. The molecule has 500 valence electrons. The Kier molecular flexibility index (Phi) is 20.6. The van der Waals surface area contributed by atoms with Crippen molar-refractivity contribution in [3.8, 4) is 0 Å². The minimum Gasteiger partial charge on any atom is -0.600 e. The number of rotatable bonds is 14. The van der Waals surface area contributed by atoms with Gasteiger partial charge < -0.3 is 87.8 Å². The molecule has 25 heteroatoms. The van der Waals surface area contributed by atoms with Crippen molar-refractivity contribution in [1.82, 2.24) is 5.32 Å². The first-order valence-electron chi connectivity index (χ1n) is 31.9. The van der Waals surface area contributed by atoms with Gasteiger partial charge in [0.25, 0.3) is 0 Å². The van der Waals surface area contributed by atoms with Gasteiger partial charge in [0, 0.05) is 49.4 Å². The number of hydrogen-bond acceptors (Lipinski definition) is 23. The van der Waals surface area contributed by atoms with Gasteiger partial charge in [-0.05, 0) is 115 Å². The van der Waals surface area contributed by atoms with Crippen LogP contribution in [0.15, 0.2) is 70.3 Å². The number of carbonyl (C=O) groups excluding carboxylic acids is 5. The molecule has 10 aliphatic rings. The van der Waals surface area contributed by atoms with Gasteiger partial charge in [0.05, 0.1) is 86.6 Å². The van der Waals surface area contributed by atoms with Gasteiger partial charge in [-0.1, -0.05) is 50.6 Å². The number of carbonyl (C=O) groups is 5. The number of allylic oxidation sites excluding steroid dienone is 4. The Labute approximate surface area is 524 Å². The fraction of sp³-hybridized carbons (Fsp3) is 0.738. The lowest BCUT2D eigenvalue weighted by molar-refractivity contribution is -1.09. The second kappa shape index (κ2) is 27.3. The van der Waals surface area contributed by atoms with Gasteiger partial charge in [-0.15, -0.1) is 0 Å². The zero-order valence-electron chi connectivity index (χ0n) is 53.1. The molecule has 0 radical (unpaired) electrons. The normalized spacial score (nSPS) is 47.2. The molecule has 90 heavy (non-hydrogen) atoms. The molecule has 6 heterocycles. The minimum absolute atomic E-state index is 0.00370. The third-order valence-corrected chi connectivity index (χ3v) is 21.0. The van der Waals surface area contributed by atoms with Crippen molar-refractivity contribution in [2.75, 3.05) is 7.11 Å². The van der Waals surface area contributed by atoms with Gasteiger partial charge in [-0.25, -0.2) is 20.0 Å². The number of nitrogens with one attached hydrogen (secondary N) is 2. The molecule has 28 atom stereocenters. The highest BCUT2D eigenvalue weighted by Crippen LogP contribution is 2.61. The molecule has 6 aliphatic heterocycles. The molecule has 2 bridgehead atoms. The number of alkyl carbamates (subject to hydrolysis) is 1. The van der Waals surface area contributed by atoms with Crippen molar-refractivity contribution in [2.45, 2.75) is 255 Å². The van der Waals surface area contributed by atoms with Gasteiger partial charge in [0.15, 0.2) is 48.3 Å². The van der Waals surface area contributed by atoms with Crippen LogP contribution in [0.2, 0.25) is 0 Å². The Hall–Kier alpha value is -4.81. The maximum Gasteiger partial charge on any atom is 0.407 e. The Morgan fingerprint density at radius 3 is 2.11 bits per heavy atom. The van der Waals surface area contributed by atoms with Gasteiger partial charge in [-0.3, -0.25) is 14.4 Å². The Morgan fingerprint density at radius 2 is 1.43 bits per heavy atom. The summed E-state index contributed by atoms with van der Waals surface area (Å²) in [5, 5.41) is 71.4. The third kappa shape index (κ3) is 13.2. The maximum absolute atomic E-state index is 15.5. The predicted molar refractivity (Wildman–Crippen MR) is 313 cm³/mol. The van der Waals surface area contributed by atoms with Gasteiger partial charge in [0.2, 0.25) is 12.1 Å². The van der Waals surface area contributed by atoms with E-state index in [9.17, 15) is 50.0 Å². The summed E-state index contributed by atoms with van der Waals surface area (Å²) < 4.78 is 74.7. The number of ketones is 1. The molecule has 25 nitrogen and oxygen atoms in total. The zero-order valence-corrected chi connectivity index (χ0v) is 53.1. The molecule has 4 aliphatic carbocycles. The number of methoxy groups -OCH3 is 1. The first kappa shape index (κ1) is 68.1. The van der Waals surface area contributed by atoms with Crippen LogP contribution in [-0.2, 0) is 76.0 Å². The van der Waals surface area contributed by atoms with Crippen molar-refractivity contribution in [2.24, 2.45) is 40.9 Å². The van der Waals surface area contributed by atoms with Crippen LogP contribution < -0.4 is 10.5 Å². The largest absolute Gasteiger partial charge is 0.600 e. The van der Waals surface area contributed by atoms with Crippen LogP contribution in [0.3, 0.4) is 0 Å². The minimum atomic E-state index is -2.19. The van der Waals surface area contributed by atoms with E-state index in [-0.39, 0.29) is 48.9 Å². The summed E-state index contributed by atoms with van der Waals surface area (Å²) in [6.45, 7) is 18.1. The Morgan fingerprint density at radius 1 is 0.744 bits per heavy atom. The predicted octanol–water partition coefficient (Wildman–Crippen LogP) is 4.62. The van der Waals surface area contributed by atoms with Gasteiger partial charge in [-0.2, -0.15) is 0 Å². The SMILES string of the molecule is COC(=O)N[C@@H]1[C@H](C)O[C@@H](O[C@H]2C/C=C(\C)[C@@H]3C=C[C@@H]4[C@H](O[C@@H]5C[C@@H](O[C@@H]6CC[C@H](O[C@H]7C[C@H](O)[C@@H](O[C@H]8CC[C@H](O)[C@H](C)O8)[C@@H](C)O7)[C@@H](C)O6)C=C(C=O)O5)[C@H](C)C[C@H](C)[C@@H]4[C@]3(C)C(O)=C3C(=O)O[C@@]4(CC(C=O)=C[C@H](O)[C@H]4/C=C/2C)C3=O)C[C@@]1(C)[NH+]([O-])O. The first-order valence-corrected chi connectivity index (χ1v) is 31.9. The summed E-state index contributed by atoms with van der Waals surface area (Å²) in [6.07, 6.45) is 0.263. The standard InChI is InChI=1S/C65H92N2O23/c1-30-12-16-47(86-53-27-63(9,67(77)78)58(37(8)83-53)66-62(76)79-11)31(2)21-43-45(71)22-38(28-68)26-65(43)60(74)54(61(75)90-65)59(73)64(10)42(30)14-13-41-55(64)32(3)20-33(4)56(41)89-51-24-39(23-40(29-69)85-51)84-49-19-17-48(35(6)81-49)87-52-25-46(72)57(36(7)82-52)88-50-18-15-44(70)34(5)80-50/h12-14,21-23,28-29,32-37,39,41-53,55-58,67,70-73,77H,15-20,24-27H2,1-11H3,(H,66,76)/b30-12+,31-21+,59-54?/t32-,33+,34-,35+,36+,37-,39-,41-,42-,43+,44-,45-,46-,47-,48-,49+,50-,51+,52-,53-,55-,56+,57-,58+,63+,64+,65+/m0/s1. The summed E-state index contributed by atoms with van der Waals surface area (Å²) in [7, 11) is 1.17. The van der Waals surface area contributed by atoms with E-state index in [1.54, 1.807) is 32.9 Å². The number of fused-ring (bicyclic) bond motifs is 4. The van der Waals surface area contributed by atoms with Crippen LogP contribution in [0.4, 0.5) is 4.79 Å². The molecule has 1 spiro atoms. The van der Waals surface area contributed by atoms with E-state index in [0.29, 0.717) is 50.2 Å². The van der Waals surface area contributed by atoms with Crippen LogP contribution in [0, 0.1) is 46.1 Å². The van der Waals surface area contributed by atoms with Crippen LogP contribution in [0.1, 0.15) is 133 Å². The van der Waals surface area contributed by atoms with Crippen molar-refractivity contribution in [3.63, 3.8) is 0 Å². The fourth-order valence-corrected chi connectivity index (χ4v) is 16.3. The highest BCUT2D eigenvalue weighted by molar-refractivity contribution is 6.26. The van der Waals surface area contributed by atoms with Gasteiger partial charge in [0.1, 0.15) is 29.8 Å².